The summed E-state index contributed by atoms with van der Waals surface area (Å²) in [6.45, 7) is 2.41. The van der Waals surface area contributed by atoms with Crippen LogP contribution in [0, 0.1) is 6.92 Å². The van der Waals surface area contributed by atoms with Crippen LogP contribution in [0.15, 0.2) is 52.7 Å². The van der Waals surface area contributed by atoms with Gasteiger partial charge in [-0.2, -0.15) is 10.2 Å². The lowest BCUT2D eigenvalue weighted by atomic mass is 9.76. The summed E-state index contributed by atoms with van der Waals surface area (Å²) in [4.78, 5) is 25.4. The maximum absolute atomic E-state index is 13.2. The Bertz CT molecular complexity index is 919. The van der Waals surface area contributed by atoms with Gasteiger partial charge >= 0.3 is 5.97 Å². The molecule has 0 unspecified atom stereocenters. The molecular weight excluding hydrogens is 316 g/mol. The Balaban J connectivity index is 1.82. The van der Waals surface area contributed by atoms with Crippen molar-refractivity contribution in [2.75, 3.05) is 13.7 Å². The fourth-order valence-corrected chi connectivity index (χ4v) is 3.98. The number of hydrogen-bond donors (Lipinski definition) is 0. The number of rotatable bonds is 2. The lowest BCUT2D eigenvalue weighted by molar-refractivity contribution is 0.0597. The van der Waals surface area contributed by atoms with Crippen molar-refractivity contribution in [3.05, 3.63) is 70.3 Å². The third kappa shape index (κ3) is 2.22. The second kappa shape index (κ2) is 5.62. The Morgan fingerprint density at radius 1 is 1.24 bits per heavy atom. The molecule has 0 saturated heterocycles. The normalized spacial score (nSPS) is 23.9. The summed E-state index contributed by atoms with van der Waals surface area (Å²) in [5, 5.41) is 8.61. The van der Waals surface area contributed by atoms with Gasteiger partial charge in [-0.25, -0.2) is 4.79 Å². The maximum Gasteiger partial charge on any atom is 0.338 e. The van der Waals surface area contributed by atoms with E-state index in [1.165, 1.54) is 7.11 Å². The fourth-order valence-electron chi connectivity index (χ4n) is 3.98. The fraction of sp³-hybridized carbons (Fsp3) is 0.300. The molecule has 1 heterocycles. The predicted molar refractivity (Wildman–Crippen MR) is 92.2 cm³/mol. The van der Waals surface area contributed by atoms with E-state index in [-0.39, 0.29) is 11.7 Å². The smallest absolute Gasteiger partial charge is 0.338 e. The quantitative estimate of drug-likeness (QED) is 0.789. The molecule has 0 bridgehead atoms. The third-order valence-corrected chi connectivity index (χ3v) is 5.19. The molecule has 0 radical (unpaired) electrons. The number of nitrogens with zero attached hydrogens (tertiary/aromatic N) is 2. The molecule has 0 fully saturated rings. The number of benzene rings is 2. The Morgan fingerprint density at radius 2 is 2.04 bits per heavy atom. The van der Waals surface area contributed by atoms with Gasteiger partial charge in [0.2, 0.25) is 0 Å². The van der Waals surface area contributed by atoms with E-state index in [2.05, 4.69) is 10.2 Å². The first-order chi connectivity index (χ1) is 12.1. The Hall–Kier alpha value is -2.82. The molecule has 5 nitrogen and oxygen atoms in total. The van der Waals surface area contributed by atoms with Gasteiger partial charge in [0.05, 0.1) is 19.2 Å². The zero-order chi connectivity index (χ0) is 17.6. The first-order valence-corrected chi connectivity index (χ1v) is 8.27. The average Bonchev–Trinajstić information content (AvgIpc) is 3.16. The van der Waals surface area contributed by atoms with E-state index in [4.69, 9.17) is 4.74 Å². The van der Waals surface area contributed by atoms with Gasteiger partial charge < -0.3 is 4.74 Å². The number of esters is 1. The van der Waals surface area contributed by atoms with Gasteiger partial charge in [0.15, 0.2) is 11.3 Å². The Kier molecular flexibility index (Phi) is 3.53. The number of hydrogen-bond acceptors (Lipinski definition) is 5. The standard InChI is InChI=1S/C20H18N2O3/c1-12-7-8-14-13(9-12)10-20(18(14)23)17(11-21-22-20)15-5-3-4-6-16(15)19(24)25-2/h3-9,17H,10-11H2,1-2H3/t17-,20+/m0/s1. The highest BCUT2D eigenvalue weighted by molar-refractivity contribution is 6.09. The van der Waals surface area contributed by atoms with Crippen molar-refractivity contribution in [2.24, 2.45) is 10.2 Å². The molecule has 2 atom stereocenters. The van der Waals surface area contributed by atoms with Crippen molar-refractivity contribution < 1.29 is 14.3 Å². The first kappa shape index (κ1) is 15.7. The topological polar surface area (TPSA) is 68.1 Å². The average molecular weight is 334 g/mol. The second-order valence-corrected chi connectivity index (χ2v) is 6.65. The summed E-state index contributed by atoms with van der Waals surface area (Å²) in [5.41, 5.74) is 3.14. The minimum atomic E-state index is -0.944. The number of methoxy groups -OCH3 is 1. The molecule has 2 aromatic rings. The van der Waals surface area contributed by atoms with Crippen LogP contribution in [-0.4, -0.2) is 30.9 Å². The molecule has 0 amide bonds. The van der Waals surface area contributed by atoms with E-state index in [0.717, 1.165) is 16.7 Å². The van der Waals surface area contributed by atoms with Gasteiger partial charge in [0, 0.05) is 17.9 Å². The van der Waals surface area contributed by atoms with Crippen LogP contribution in [0.1, 0.15) is 43.3 Å². The molecular formula is C20H18N2O3. The summed E-state index contributed by atoms with van der Waals surface area (Å²) in [5.74, 6) is -0.673. The molecule has 25 heavy (non-hydrogen) atoms. The monoisotopic (exact) mass is 334 g/mol. The van der Waals surface area contributed by atoms with Crippen LogP contribution in [-0.2, 0) is 11.2 Å². The van der Waals surface area contributed by atoms with Crippen molar-refractivity contribution >= 4 is 11.8 Å². The van der Waals surface area contributed by atoms with Gasteiger partial charge in [0.1, 0.15) is 0 Å². The van der Waals surface area contributed by atoms with Gasteiger partial charge in [-0.3, -0.25) is 4.79 Å². The van der Waals surface area contributed by atoms with E-state index < -0.39 is 11.5 Å². The zero-order valence-corrected chi connectivity index (χ0v) is 14.2. The minimum Gasteiger partial charge on any atom is -0.465 e. The molecule has 5 heteroatoms. The molecule has 0 aromatic heterocycles. The molecule has 1 aliphatic heterocycles. The molecule has 126 valence electrons. The summed E-state index contributed by atoms with van der Waals surface area (Å²) in [6.07, 6.45) is 0.520. The van der Waals surface area contributed by atoms with Crippen LogP contribution < -0.4 is 0 Å². The second-order valence-electron chi connectivity index (χ2n) is 6.65. The summed E-state index contributed by atoms with van der Waals surface area (Å²) < 4.78 is 4.91. The highest BCUT2D eigenvalue weighted by atomic mass is 16.5. The van der Waals surface area contributed by atoms with Crippen molar-refractivity contribution in [2.45, 2.75) is 24.8 Å². The molecule has 0 saturated carbocycles. The third-order valence-electron chi connectivity index (χ3n) is 5.19. The summed E-state index contributed by atoms with van der Waals surface area (Å²) in [7, 11) is 1.36. The summed E-state index contributed by atoms with van der Waals surface area (Å²) >= 11 is 0. The Morgan fingerprint density at radius 3 is 2.84 bits per heavy atom. The Labute approximate surface area is 145 Å². The van der Waals surface area contributed by atoms with E-state index >= 15 is 0 Å². The number of aryl methyl sites for hydroxylation is 1. The van der Waals surface area contributed by atoms with Crippen LogP contribution in [0.2, 0.25) is 0 Å². The molecule has 4 rings (SSSR count). The lowest BCUT2D eigenvalue weighted by Crippen LogP contribution is -2.39. The van der Waals surface area contributed by atoms with E-state index in [1.807, 2.05) is 37.3 Å². The number of carbonyl (C=O) groups excluding carboxylic acids is 2. The van der Waals surface area contributed by atoms with Gasteiger partial charge in [-0.05, 0) is 24.1 Å². The number of carbonyl (C=O) groups is 2. The highest BCUT2D eigenvalue weighted by Crippen LogP contribution is 2.47. The van der Waals surface area contributed by atoms with E-state index in [9.17, 15) is 9.59 Å². The number of ketones is 1. The van der Waals surface area contributed by atoms with Crippen LogP contribution >= 0.6 is 0 Å². The van der Waals surface area contributed by atoms with Crippen LogP contribution in [0.4, 0.5) is 0 Å². The van der Waals surface area contributed by atoms with Gasteiger partial charge in [-0.15, -0.1) is 0 Å². The number of azo groups is 1. The van der Waals surface area contributed by atoms with Crippen LogP contribution in [0.5, 0.6) is 0 Å². The van der Waals surface area contributed by atoms with Crippen molar-refractivity contribution in [1.29, 1.82) is 0 Å². The zero-order valence-electron chi connectivity index (χ0n) is 14.2. The number of Topliss-reactive ketones (excluding diaryl/α,β-unsaturated/α-hetero) is 1. The highest BCUT2D eigenvalue weighted by Gasteiger charge is 2.55. The minimum absolute atomic E-state index is 0.00609. The van der Waals surface area contributed by atoms with E-state index in [1.54, 1.807) is 12.1 Å². The van der Waals surface area contributed by atoms with Crippen LogP contribution in [0.25, 0.3) is 0 Å². The van der Waals surface area contributed by atoms with Crippen molar-refractivity contribution in [1.82, 2.24) is 0 Å². The predicted octanol–water partition coefficient (Wildman–Crippen LogP) is 3.51. The maximum atomic E-state index is 13.2. The molecule has 0 N–H and O–H groups in total. The van der Waals surface area contributed by atoms with Gasteiger partial charge in [-0.1, -0.05) is 42.0 Å². The van der Waals surface area contributed by atoms with Gasteiger partial charge in [0.25, 0.3) is 0 Å². The van der Waals surface area contributed by atoms with E-state index in [0.29, 0.717) is 24.1 Å². The SMILES string of the molecule is COC(=O)c1ccccc1[C@@H]1CN=N[C@]12Cc1cc(C)ccc1C2=O. The van der Waals surface area contributed by atoms with Crippen molar-refractivity contribution in [3.63, 3.8) is 0 Å². The van der Waals surface area contributed by atoms with Crippen LogP contribution in [0.3, 0.4) is 0 Å². The van der Waals surface area contributed by atoms with Crippen molar-refractivity contribution in [3.8, 4) is 0 Å². The largest absolute Gasteiger partial charge is 0.465 e. The number of fused-ring (bicyclic) bond motifs is 1. The first-order valence-electron chi connectivity index (χ1n) is 8.27. The molecule has 2 aliphatic rings. The molecule has 2 aromatic carbocycles. The summed E-state index contributed by atoms with van der Waals surface area (Å²) in [6, 6.07) is 13.1. The molecule has 1 spiro atoms. The molecule has 1 aliphatic carbocycles. The number of ether oxygens (including phenoxy) is 1. The lowest BCUT2D eigenvalue weighted by Gasteiger charge is -2.26.